The van der Waals surface area contributed by atoms with Gasteiger partial charge in [0.1, 0.15) is 23.0 Å². The zero-order valence-corrected chi connectivity index (χ0v) is 64.2. The summed E-state index contributed by atoms with van der Waals surface area (Å²) in [4.78, 5) is 80.1. The van der Waals surface area contributed by atoms with Gasteiger partial charge in [0, 0.05) is 137 Å². The van der Waals surface area contributed by atoms with Crippen LogP contribution in [0.1, 0.15) is 70.7 Å². The summed E-state index contributed by atoms with van der Waals surface area (Å²) in [5.74, 6) is 1.52. The first kappa shape index (κ1) is 71.7. The lowest BCUT2D eigenvalue weighted by molar-refractivity contribution is -0.117. The third-order valence-electron chi connectivity index (χ3n) is 22.8. The number of carbonyl (C=O) groups excluding carboxylic acids is 4. The highest BCUT2D eigenvalue weighted by molar-refractivity contribution is 6.15. The van der Waals surface area contributed by atoms with Crippen LogP contribution in [0.15, 0.2) is 243 Å². The average molecular weight is 1520 g/mol. The van der Waals surface area contributed by atoms with Gasteiger partial charge >= 0.3 is 0 Å². The monoisotopic (exact) mass is 1520 g/mol. The summed E-state index contributed by atoms with van der Waals surface area (Å²) in [5, 5.41) is 21.1. The van der Waals surface area contributed by atoms with Crippen LogP contribution in [0.2, 0.25) is 0 Å². The normalized spacial score (nSPS) is 13.7. The molecule has 0 saturated carbocycles. The molecule has 3 aromatic heterocycles. The topological polar surface area (TPSA) is 211 Å². The quantitative estimate of drug-likeness (QED) is 0.0981. The van der Waals surface area contributed by atoms with E-state index >= 15 is 19.2 Å². The zero-order chi connectivity index (χ0) is 78.7. The fourth-order valence-corrected chi connectivity index (χ4v) is 17.6. The van der Waals surface area contributed by atoms with Crippen molar-refractivity contribution in [2.45, 2.75) is 51.4 Å². The number of nitrogens with zero attached hydrogens (tertiary/aromatic N) is 2. The van der Waals surface area contributed by atoms with Crippen molar-refractivity contribution >= 4 is 136 Å². The number of amides is 4. The molecule has 19 rings (SSSR count). The second-order valence-corrected chi connectivity index (χ2v) is 29.5. The van der Waals surface area contributed by atoms with Crippen molar-refractivity contribution in [2.75, 3.05) is 49.7 Å². The number of methoxy groups -OCH3 is 4. The van der Waals surface area contributed by atoms with E-state index in [1.807, 2.05) is 194 Å². The molecule has 0 atom stereocenters. The molecule has 16 heteroatoms. The Kier molecular flexibility index (Phi) is 18.6. The lowest BCUT2D eigenvalue weighted by Crippen LogP contribution is -2.14. The molecule has 7 heterocycles. The number of aryl methyl sites for hydroxylation is 4. The first-order chi connectivity index (χ1) is 57.0. The summed E-state index contributed by atoms with van der Waals surface area (Å²) in [5.41, 5.74) is 18.9. The Bertz CT molecular complexity index is 6100. The van der Waals surface area contributed by atoms with Gasteiger partial charge in [-0.25, -0.2) is 9.97 Å². The number of rotatable bonds is 4. The van der Waals surface area contributed by atoms with Crippen LogP contribution >= 0.6 is 0 Å². The summed E-state index contributed by atoms with van der Waals surface area (Å²) >= 11 is 0. The number of carbonyl (C=O) groups is 4. The standard InChI is InChI=1S/C100H78N8O8/c1-113-97-61-37-49-85(109)105-73-33-17-13-29-69(73)89-77-41-42-78(101-77)90(70-30-14-18-34-74(70)106-86(110)50-38-62-54-58-22-6-10-26-66(58)94(98(62)114-2)93(97)65-25-9-5-21-57(65)53-61)83-47-48-84(104-83)92-72-32-16-20-36-76(72)108-88(112)52-40-64-56-60-24-8-12-28-68(60)96(100(64)116-4)95-67-27-11-7-23-59(67)55-63(99(95)115-3)39-51-87(111)107-75-35-19-15-31-71(75)91(79-43-44-80(92)102-79)82-46-45-81(89)103-82/h5-36,41-48,53-56,101-102H,37-40,49-52H2,1-4H3,(H,105,109)(H,106,110)(H,107,111)(H,108,112). The second kappa shape index (κ2) is 30.1. The van der Waals surface area contributed by atoms with E-state index in [2.05, 4.69) is 104 Å². The van der Waals surface area contributed by atoms with Crippen LogP contribution < -0.4 is 40.2 Å². The van der Waals surface area contributed by atoms with Gasteiger partial charge in [-0.15, -0.1) is 0 Å². The van der Waals surface area contributed by atoms with E-state index in [0.29, 0.717) is 161 Å². The fourth-order valence-electron chi connectivity index (χ4n) is 17.6. The molecule has 566 valence electrons. The molecule has 4 aliphatic heterocycles. The summed E-state index contributed by atoms with van der Waals surface area (Å²) in [7, 11) is 6.68. The maximum Gasteiger partial charge on any atom is 0.224 e. The van der Waals surface area contributed by atoms with E-state index in [1.165, 1.54) is 0 Å². The molecule has 116 heavy (non-hydrogen) atoms. The van der Waals surface area contributed by atoms with Crippen LogP contribution in [0, 0.1) is 0 Å². The molecular formula is C100H78N8O8. The van der Waals surface area contributed by atoms with Crippen LogP contribution in [0.5, 0.6) is 23.0 Å². The number of hydrogen-bond acceptors (Lipinski definition) is 10. The summed E-state index contributed by atoms with van der Waals surface area (Å²) < 4.78 is 26.2. The first-order valence-corrected chi connectivity index (χ1v) is 39.1. The number of anilines is 4. The number of nitrogens with one attached hydrogen (secondary N) is 6. The molecular weight excluding hydrogens is 1440 g/mol. The van der Waals surface area contributed by atoms with E-state index < -0.39 is 0 Å². The van der Waals surface area contributed by atoms with Crippen LogP contribution in [0.25, 0.3) is 156 Å². The number of ether oxygens (including phenoxy) is 4. The number of hydrogen-bond donors (Lipinski definition) is 6. The molecule has 16 nitrogen and oxygen atoms in total. The third kappa shape index (κ3) is 12.9. The number of aromatic nitrogens is 4. The average Bonchev–Trinajstić information content (AvgIpc) is 1.06. The van der Waals surface area contributed by atoms with E-state index in [4.69, 9.17) is 28.9 Å². The predicted octanol–water partition coefficient (Wildman–Crippen LogP) is 22.2. The van der Waals surface area contributed by atoms with Crippen LogP contribution in [-0.4, -0.2) is 72.0 Å². The van der Waals surface area contributed by atoms with Crippen molar-refractivity contribution in [3.63, 3.8) is 0 Å². The number of benzene rings is 12. The van der Waals surface area contributed by atoms with Gasteiger partial charge < -0.3 is 50.2 Å². The predicted molar refractivity (Wildman–Crippen MR) is 468 cm³/mol. The molecule has 6 N–H and O–H groups in total. The Morgan fingerprint density at radius 1 is 0.250 bits per heavy atom. The Morgan fingerprint density at radius 3 is 0.698 bits per heavy atom. The molecule has 0 fully saturated rings. The van der Waals surface area contributed by atoms with Gasteiger partial charge in [-0.3, -0.25) is 19.2 Å². The third-order valence-corrected chi connectivity index (χ3v) is 22.8. The van der Waals surface area contributed by atoms with Crippen LogP contribution in [0.4, 0.5) is 22.7 Å². The summed E-state index contributed by atoms with van der Waals surface area (Å²) in [6.07, 6.45) is 9.51. The van der Waals surface area contributed by atoms with Crippen molar-refractivity contribution in [3.8, 4) is 89.8 Å². The SMILES string of the molecule is COc1c2cc3ccccc3c1-c1c(OC)c(cc3ccccc13)CCC(=O)Nc1ccccc1-c1c3nc(c4c5ccc([nH]5)c(c5nc(c(c6ccc1[nH]6)-c1ccccc1NC(=O)CC2)C=C5)-c1ccccc1NC(=O)CCc1cc2ccccc2c(c1OC)-c1c(OC)c(cc2ccccc12)CCC(=O)Nc1ccccc1-4)C=C3. The largest absolute Gasteiger partial charge is 0.496 e. The number of para-hydroxylation sites is 4. The Labute approximate surface area is 668 Å². The molecule has 4 aliphatic rings. The summed E-state index contributed by atoms with van der Waals surface area (Å²) in [6, 6.07) is 80.4. The Hall–Kier alpha value is -14.6. The maximum absolute atomic E-state index is 15.2. The van der Waals surface area contributed by atoms with Crippen LogP contribution in [-0.2, 0) is 44.9 Å². The van der Waals surface area contributed by atoms with Crippen molar-refractivity contribution in [1.29, 1.82) is 0 Å². The minimum absolute atomic E-state index is 0.0784. The van der Waals surface area contributed by atoms with Crippen LogP contribution in [0.3, 0.4) is 0 Å². The highest BCUT2D eigenvalue weighted by atomic mass is 16.5. The molecule has 12 aromatic carbocycles. The van der Waals surface area contributed by atoms with E-state index in [0.717, 1.165) is 87.6 Å². The lowest BCUT2D eigenvalue weighted by atomic mass is 9.87. The molecule has 15 aromatic rings. The van der Waals surface area contributed by atoms with E-state index in [1.54, 1.807) is 28.4 Å². The van der Waals surface area contributed by atoms with Gasteiger partial charge in [-0.2, -0.15) is 0 Å². The first-order valence-electron chi connectivity index (χ1n) is 39.1. The molecule has 4 amide bonds. The lowest BCUT2D eigenvalue weighted by Gasteiger charge is -2.22. The minimum Gasteiger partial charge on any atom is -0.496 e. The minimum atomic E-state index is -0.231. The van der Waals surface area contributed by atoms with Gasteiger partial charge in [0.05, 0.1) is 51.2 Å². The van der Waals surface area contributed by atoms with Crippen molar-refractivity contribution in [2.24, 2.45) is 0 Å². The van der Waals surface area contributed by atoms with Crippen molar-refractivity contribution < 1.29 is 38.1 Å². The highest BCUT2D eigenvalue weighted by Gasteiger charge is 2.30. The van der Waals surface area contributed by atoms with E-state index in [-0.39, 0.29) is 49.3 Å². The van der Waals surface area contributed by atoms with Crippen molar-refractivity contribution in [1.82, 2.24) is 19.9 Å². The number of H-pyrrole nitrogens is 2. The zero-order valence-electron chi connectivity index (χ0n) is 64.2. The van der Waals surface area contributed by atoms with Gasteiger partial charge in [0.2, 0.25) is 23.6 Å². The molecule has 0 spiro atoms. The number of fused-ring (bicyclic) bond motifs is 34. The van der Waals surface area contributed by atoms with Gasteiger partial charge in [0.15, 0.2) is 0 Å². The molecule has 0 saturated heterocycles. The highest BCUT2D eigenvalue weighted by Crippen LogP contribution is 2.53. The molecule has 0 radical (unpaired) electrons. The molecule has 0 unspecified atom stereocenters. The van der Waals surface area contributed by atoms with Gasteiger partial charge in [-0.05, 0) is 188 Å². The second-order valence-electron chi connectivity index (χ2n) is 29.5. The van der Waals surface area contributed by atoms with Crippen molar-refractivity contribution in [3.05, 3.63) is 288 Å². The smallest absolute Gasteiger partial charge is 0.224 e. The Morgan fingerprint density at radius 2 is 0.466 bits per heavy atom. The number of aromatic amines is 2. The van der Waals surface area contributed by atoms with E-state index in [9.17, 15) is 0 Å². The molecule has 0 aliphatic carbocycles. The summed E-state index contributed by atoms with van der Waals surface area (Å²) in [6.45, 7) is 0. The van der Waals surface area contributed by atoms with Gasteiger partial charge in [0.25, 0.3) is 0 Å². The molecule has 20 bridgehead atoms. The Balaban J connectivity index is 0.851. The fraction of sp³-hybridized carbons (Fsp3) is 0.120. The maximum atomic E-state index is 15.2. The van der Waals surface area contributed by atoms with Gasteiger partial charge in [-0.1, -0.05) is 170 Å².